The van der Waals surface area contributed by atoms with Gasteiger partial charge in [0.05, 0.1) is 18.6 Å². The van der Waals surface area contributed by atoms with Gasteiger partial charge in [0.25, 0.3) is 6.29 Å². The van der Waals surface area contributed by atoms with Crippen molar-refractivity contribution in [3.8, 4) is 11.5 Å². The second-order valence-electron chi connectivity index (χ2n) is 8.10. The fourth-order valence-electron chi connectivity index (χ4n) is 3.22. The van der Waals surface area contributed by atoms with Crippen LogP contribution in [0.2, 0.25) is 0 Å². The smallest absolute Gasteiger partial charge is 0.336 e. The van der Waals surface area contributed by atoms with Crippen LogP contribution in [0.3, 0.4) is 0 Å². The summed E-state index contributed by atoms with van der Waals surface area (Å²) in [6, 6.07) is 13.9. The molecule has 0 aliphatic carbocycles. The largest absolute Gasteiger partial charge is 0.491 e. The molecule has 2 N–H and O–H groups in total. The molecule has 188 valence electrons. The Morgan fingerprint density at radius 3 is 1.40 bits per heavy atom. The minimum absolute atomic E-state index is 0.125. The predicted octanol–water partition coefficient (Wildman–Crippen LogP) is 3.30. The van der Waals surface area contributed by atoms with Crippen molar-refractivity contribution >= 4 is 11.9 Å². The number of rotatable bonds is 13. The molecule has 0 fully saturated rings. The lowest BCUT2D eigenvalue weighted by Gasteiger charge is -2.37. The maximum Gasteiger partial charge on any atom is 0.336 e. The van der Waals surface area contributed by atoms with E-state index in [0.29, 0.717) is 22.6 Å². The highest BCUT2D eigenvalue weighted by Crippen LogP contribution is 2.39. The monoisotopic (exact) mass is 484 g/mol. The first-order valence-electron chi connectivity index (χ1n) is 11.0. The first kappa shape index (κ1) is 27.6. The second-order valence-corrected chi connectivity index (χ2v) is 8.10. The number of ether oxygens (including phenoxy) is 4. The fourth-order valence-corrected chi connectivity index (χ4v) is 3.22. The number of benzene rings is 2. The van der Waals surface area contributed by atoms with Gasteiger partial charge in [0.15, 0.2) is 0 Å². The quantitative estimate of drug-likeness (QED) is 0.253. The molecule has 0 saturated heterocycles. The van der Waals surface area contributed by atoms with E-state index in [0.717, 1.165) is 0 Å². The van der Waals surface area contributed by atoms with E-state index < -0.39 is 23.6 Å². The molecule has 0 heterocycles. The number of hydrogen-bond donors (Lipinski definition) is 2. The van der Waals surface area contributed by atoms with E-state index in [4.69, 9.17) is 29.2 Å². The van der Waals surface area contributed by atoms with E-state index in [-0.39, 0.29) is 37.6 Å². The molecule has 8 heteroatoms. The highest BCUT2D eigenvalue weighted by molar-refractivity contribution is 5.89. The van der Waals surface area contributed by atoms with Crippen LogP contribution in [0.5, 0.6) is 11.5 Å². The highest BCUT2D eigenvalue weighted by atomic mass is 16.7. The summed E-state index contributed by atoms with van der Waals surface area (Å²) in [7, 11) is 0. The maximum absolute atomic E-state index is 12.5. The molecular formula is C27H32O8. The van der Waals surface area contributed by atoms with Gasteiger partial charge in [-0.25, -0.2) is 9.59 Å². The van der Waals surface area contributed by atoms with Crippen LogP contribution >= 0.6 is 0 Å². The molecule has 0 atom stereocenters. The predicted molar refractivity (Wildman–Crippen MR) is 130 cm³/mol. The van der Waals surface area contributed by atoms with Crippen molar-refractivity contribution < 1.29 is 38.7 Å². The number of carbonyl (C=O) groups is 2. The topological polar surface area (TPSA) is 112 Å². The van der Waals surface area contributed by atoms with Gasteiger partial charge in [0.2, 0.25) is 0 Å². The molecule has 0 radical (unpaired) electrons. The van der Waals surface area contributed by atoms with Crippen molar-refractivity contribution in [3.63, 3.8) is 0 Å². The maximum atomic E-state index is 12.5. The average molecular weight is 485 g/mol. The molecule has 2 rings (SSSR count). The van der Waals surface area contributed by atoms with Gasteiger partial charge in [-0.1, -0.05) is 37.4 Å². The Hall–Kier alpha value is -3.62. The van der Waals surface area contributed by atoms with Crippen LogP contribution in [0.1, 0.15) is 31.9 Å². The number of aliphatic hydroxyl groups excluding tert-OH is 2. The van der Waals surface area contributed by atoms with Crippen LogP contribution in [-0.2, 0) is 24.5 Å². The van der Waals surface area contributed by atoms with Crippen molar-refractivity contribution in [1.29, 1.82) is 0 Å². The van der Waals surface area contributed by atoms with Crippen LogP contribution in [0.15, 0.2) is 72.8 Å². The Balaban J connectivity index is 2.61. The molecule has 0 aliphatic heterocycles. The normalized spacial score (nSPS) is 11.0. The molecule has 8 nitrogen and oxygen atoms in total. The van der Waals surface area contributed by atoms with Gasteiger partial charge in [-0.05, 0) is 56.2 Å². The minimum Gasteiger partial charge on any atom is -0.491 e. The Morgan fingerprint density at radius 2 is 1.11 bits per heavy atom. The zero-order valence-corrected chi connectivity index (χ0v) is 20.3. The summed E-state index contributed by atoms with van der Waals surface area (Å²) in [5.74, 6) is -0.372. The van der Waals surface area contributed by atoms with Crippen LogP contribution in [0, 0.1) is 0 Å². The molecule has 2 aromatic carbocycles. The molecule has 0 aliphatic rings. The van der Waals surface area contributed by atoms with Gasteiger partial charge in [0.1, 0.15) is 24.7 Å². The molecule has 0 bridgehead atoms. The van der Waals surface area contributed by atoms with E-state index in [1.54, 1.807) is 55.5 Å². The van der Waals surface area contributed by atoms with Crippen LogP contribution in [-0.4, -0.2) is 54.9 Å². The zero-order chi connectivity index (χ0) is 26.0. The van der Waals surface area contributed by atoms with Crippen molar-refractivity contribution in [1.82, 2.24) is 0 Å². The first-order chi connectivity index (χ1) is 16.6. The summed E-state index contributed by atoms with van der Waals surface area (Å²) in [4.78, 5) is 25.1. The SMILES string of the molecule is C=C(C)C(=O)OC(OC(=O)C(=C)C)C(C)(c1ccc(OCCO)cc1)c1ccc(OCCO)cc1. The van der Waals surface area contributed by atoms with Gasteiger partial charge in [0, 0.05) is 11.1 Å². The molecule has 0 aromatic heterocycles. The summed E-state index contributed by atoms with van der Waals surface area (Å²) >= 11 is 0. The zero-order valence-electron chi connectivity index (χ0n) is 20.3. The summed E-state index contributed by atoms with van der Waals surface area (Å²) in [5, 5.41) is 18.0. The molecule has 0 saturated carbocycles. The first-order valence-corrected chi connectivity index (χ1v) is 11.0. The molecule has 35 heavy (non-hydrogen) atoms. The third-order valence-electron chi connectivity index (χ3n) is 5.22. The Labute approximate surface area is 205 Å². The molecule has 0 amide bonds. The number of esters is 2. The molecule has 0 unspecified atom stereocenters. The van der Waals surface area contributed by atoms with Gasteiger partial charge in [-0.2, -0.15) is 0 Å². The van der Waals surface area contributed by atoms with Gasteiger partial charge < -0.3 is 29.2 Å². The lowest BCUT2D eigenvalue weighted by atomic mass is 9.75. The van der Waals surface area contributed by atoms with Crippen molar-refractivity contribution in [2.75, 3.05) is 26.4 Å². The summed E-state index contributed by atoms with van der Waals surface area (Å²) in [5.41, 5.74) is 0.439. The molecular weight excluding hydrogens is 452 g/mol. The minimum atomic E-state index is -1.37. The number of carbonyl (C=O) groups excluding carboxylic acids is 2. The lowest BCUT2D eigenvalue weighted by Crippen LogP contribution is -2.44. The Kier molecular flexibility index (Phi) is 10.1. The van der Waals surface area contributed by atoms with E-state index in [2.05, 4.69) is 13.2 Å². The third kappa shape index (κ3) is 7.18. The Morgan fingerprint density at radius 1 is 0.771 bits per heavy atom. The summed E-state index contributed by atoms with van der Waals surface area (Å²) < 4.78 is 22.2. The molecule has 2 aromatic rings. The summed E-state index contributed by atoms with van der Waals surface area (Å²) in [6.45, 7) is 12.1. The van der Waals surface area contributed by atoms with E-state index >= 15 is 0 Å². The van der Waals surface area contributed by atoms with Gasteiger partial charge in [-0.15, -0.1) is 0 Å². The summed E-state index contributed by atoms with van der Waals surface area (Å²) in [6.07, 6.45) is -1.37. The van der Waals surface area contributed by atoms with Crippen LogP contribution < -0.4 is 9.47 Å². The second kappa shape index (κ2) is 12.7. The Bertz CT molecular complexity index is 945. The van der Waals surface area contributed by atoms with E-state index in [1.807, 2.05) is 0 Å². The van der Waals surface area contributed by atoms with Crippen molar-refractivity contribution in [3.05, 3.63) is 84.0 Å². The van der Waals surface area contributed by atoms with Crippen LogP contribution in [0.25, 0.3) is 0 Å². The number of aliphatic hydroxyl groups is 2. The number of hydrogen-bond acceptors (Lipinski definition) is 8. The van der Waals surface area contributed by atoms with E-state index in [9.17, 15) is 9.59 Å². The van der Waals surface area contributed by atoms with Crippen molar-refractivity contribution in [2.24, 2.45) is 0 Å². The van der Waals surface area contributed by atoms with Gasteiger partial charge in [-0.3, -0.25) is 0 Å². The third-order valence-corrected chi connectivity index (χ3v) is 5.22. The molecule has 0 spiro atoms. The lowest BCUT2D eigenvalue weighted by molar-refractivity contribution is -0.192. The van der Waals surface area contributed by atoms with Gasteiger partial charge >= 0.3 is 11.9 Å². The fraction of sp³-hybridized carbons (Fsp3) is 0.333. The highest BCUT2D eigenvalue weighted by Gasteiger charge is 2.44. The van der Waals surface area contributed by atoms with Crippen LogP contribution in [0.4, 0.5) is 0 Å². The van der Waals surface area contributed by atoms with E-state index in [1.165, 1.54) is 13.8 Å². The standard InChI is InChI=1S/C27H32O8/c1-18(2)24(30)34-26(35-25(31)19(3)4)27(5,20-6-10-22(11-7-20)32-16-14-28)21-8-12-23(13-9-21)33-17-15-29/h6-13,26,28-29H,1,3,14-17H2,2,4-5H3. The average Bonchev–Trinajstić information content (AvgIpc) is 2.85. The van der Waals surface area contributed by atoms with Crippen molar-refractivity contribution in [2.45, 2.75) is 32.5 Å².